The fourth-order valence-electron chi connectivity index (χ4n) is 3.74. The molecule has 0 aromatic carbocycles. The summed E-state index contributed by atoms with van der Waals surface area (Å²) in [6.45, 7) is 4.12. The van der Waals surface area contributed by atoms with E-state index < -0.39 is 0 Å². The molecule has 0 aliphatic carbocycles. The minimum absolute atomic E-state index is 0. The molecule has 4 heterocycles. The second-order valence-electron chi connectivity index (χ2n) is 6.86. The van der Waals surface area contributed by atoms with Crippen LogP contribution in [0.4, 0.5) is 0 Å². The lowest BCUT2D eigenvalue weighted by Gasteiger charge is -2.32. The molecule has 0 spiro atoms. The second kappa shape index (κ2) is 8.95. The lowest BCUT2D eigenvalue weighted by molar-refractivity contribution is -0.132. The van der Waals surface area contributed by atoms with Gasteiger partial charge in [0, 0.05) is 44.9 Å². The predicted molar refractivity (Wildman–Crippen MR) is 105 cm³/mol. The monoisotopic (exact) mass is 409 g/mol. The van der Waals surface area contributed by atoms with Crippen LogP contribution in [0.5, 0.6) is 0 Å². The van der Waals surface area contributed by atoms with Crippen LogP contribution in [0.3, 0.4) is 0 Å². The van der Waals surface area contributed by atoms with Gasteiger partial charge < -0.3 is 14.8 Å². The molecule has 2 aromatic heterocycles. The van der Waals surface area contributed by atoms with Gasteiger partial charge in [0.05, 0.1) is 11.4 Å². The van der Waals surface area contributed by atoms with Crippen molar-refractivity contribution in [3.8, 4) is 0 Å². The van der Waals surface area contributed by atoms with Crippen molar-refractivity contribution in [2.45, 2.75) is 44.7 Å². The Morgan fingerprint density at radius 2 is 2.00 bits per heavy atom. The predicted octanol–water partition coefficient (Wildman–Crippen LogP) is 2.23. The third kappa shape index (κ3) is 4.39. The number of aromatic nitrogens is 3. The summed E-state index contributed by atoms with van der Waals surface area (Å²) in [6.07, 6.45) is 2.42. The molecule has 27 heavy (non-hydrogen) atoms. The fourth-order valence-corrected chi connectivity index (χ4v) is 4.44. The fraction of sp³-hybridized carbons (Fsp3) is 0.556. The zero-order valence-corrected chi connectivity index (χ0v) is 16.7. The van der Waals surface area contributed by atoms with Crippen LogP contribution < -0.4 is 5.32 Å². The summed E-state index contributed by atoms with van der Waals surface area (Å²) in [5.74, 6) is 2.59. The lowest BCUT2D eigenvalue weighted by atomic mass is 9.95. The quantitative estimate of drug-likeness (QED) is 0.766. The molecule has 0 radical (unpaired) electrons. The van der Waals surface area contributed by atoms with Crippen LogP contribution in [0, 0.1) is 0 Å². The van der Waals surface area contributed by atoms with E-state index in [0.29, 0.717) is 18.8 Å². The van der Waals surface area contributed by atoms with Gasteiger partial charge in [-0.3, -0.25) is 9.59 Å². The van der Waals surface area contributed by atoms with Gasteiger partial charge in [-0.05, 0) is 24.3 Å². The van der Waals surface area contributed by atoms with E-state index in [4.69, 9.17) is 0 Å². The van der Waals surface area contributed by atoms with Crippen molar-refractivity contribution in [1.82, 2.24) is 25.0 Å². The number of fused-ring (bicyclic) bond motifs is 1. The molecule has 0 atom stereocenters. The number of Topliss-reactive ketones (excluding diaryl/α,β-unsaturated/α-hetero) is 1. The van der Waals surface area contributed by atoms with Crippen LogP contribution in [0.15, 0.2) is 17.5 Å². The molecule has 4 rings (SSSR count). The van der Waals surface area contributed by atoms with Crippen LogP contribution in [-0.2, 0) is 17.9 Å². The van der Waals surface area contributed by atoms with Gasteiger partial charge in [0.15, 0.2) is 5.78 Å². The molecule has 1 N–H and O–H groups in total. The minimum Gasteiger partial charge on any atom is -0.343 e. The molecular formula is C18H24ClN5O2S. The van der Waals surface area contributed by atoms with Gasteiger partial charge in [0.2, 0.25) is 5.91 Å². The molecule has 0 saturated carbocycles. The van der Waals surface area contributed by atoms with Gasteiger partial charge in [-0.2, -0.15) is 0 Å². The molecule has 1 amide bonds. The molecule has 146 valence electrons. The number of thiophene rings is 1. The highest BCUT2D eigenvalue weighted by molar-refractivity contribution is 7.12. The van der Waals surface area contributed by atoms with Crippen LogP contribution in [0.25, 0.3) is 0 Å². The Hall–Kier alpha value is -1.77. The van der Waals surface area contributed by atoms with Gasteiger partial charge in [-0.15, -0.1) is 33.9 Å². The number of ketones is 1. The van der Waals surface area contributed by atoms with Crippen molar-refractivity contribution in [1.29, 1.82) is 0 Å². The second-order valence-corrected chi connectivity index (χ2v) is 7.81. The van der Waals surface area contributed by atoms with Crippen LogP contribution in [0.1, 0.15) is 52.9 Å². The van der Waals surface area contributed by atoms with Gasteiger partial charge in [-0.1, -0.05) is 6.07 Å². The highest BCUT2D eigenvalue weighted by atomic mass is 35.5. The van der Waals surface area contributed by atoms with E-state index in [2.05, 4.69) is 20.1 Å². The molecule has 0 bridgehead atoms. The Labute approximate surface area is 168 Å². The highest BCUT2D eigenvalue weighted by Gasteiger charge is 2.28. The Morgan fingerprint density at radius 1 is 1.19 bits per heavy atom. The Balaban J connectivity index is 0.00000210. The average Bonchev–Trinajstić information content (AvgIpc) is 3.36. The number of nitrogens with one attached hydrogen (secondary N) is 1. The SMILES string of the molecule is Cl.O=C(CCC(=O)N1CCC(c2nnc3n2CCNC3)CC1)c1cccs1. The van der Waals surface area contributed by atoms with E-state index in [9.17, 15) is 9.59 Å². The molecule has 7 nitrogen and oxygen atoms in total. The van der Waals surface area contributed by atoms with Crippen molar-refractivity contribution >= 4 is 35.4 Å². The average molecular weight is 410 g/mol. The molecule has 9 heteroatoms. The molecule has 1 fully saturated rings. The van der Waals surface area contributed by atoms with Gasteiger partial charge in [0.1, 0.15) is 11.6 Å². The molecule has 2 aliphatic rings. The van der Waals surface area contributed by atoms with Gasteiger partial charge in [0.25, 0.3) is 0 Å². The Bertz CT molecular complexity index is 784. The molecule has 1 saturated heterocycles. The maximum absolute atomic E-state index is 12.4. The number of rotatable bonds is 5. The Morgan fingerprint density at radius 3 is 2.74 bits per heavy atom. The minimum atomic E-state index is 0. The summed E-state index contributed by atoms with van der Waals surface area (Å²) in [6, 6.07) is 3.68. The molecule has 2 aliphatic heterocycles. The van der Waals surface area contributed by atoms with E-state index in [0.717, 1.165) is 62.1 Å². The first-order chi connectivity index (χ1) is 12.7. The van der Waals surface area contributed by atoms with E-state index >= 15 is 0 Å². The van der Waals surface area contributed by atoms with E-state index in [1.54, 1.807) is 0 Å². The summed E-state index contributed by atoms with van der Waals surface area (Å²) in [7, 11) is 0. The normalized spacial score (nSPS) is 17.3. The third-order valence-electron chi connectivity index (χ3n) is 5.23. The number of likely N-dealkylation sites (tertiary alicyclic amines) is 1. The number of piperidine rings is 1. The number of carbonyl (C=O) groups is 2. The molecule has 2 aromatic rings. The number of halogens is 1. The van der Waals surface area contributed by atoms with E-state index in [1.165, 1.54) is 11.3 Å². The first-order valence-electron chi connectivity index (χ1n) is 9.19. The number of carbonyl (C=O) groups excluding carboxylic acids is 2. The zero-order chi connectivity index (χ0) is 17.9. The van der Waals surface area contributed by atoms with Gasteiger partial charge >= 0.3 is 0 Å². The number of hydrogen-bond donors (Lipinski definition) is 1. The van der Waals surface area contributed by atoms with Crippen LogP contribution in [0.2, 0.25) is 0 Å². The van der Waals surface area contributed by atoms with Gasteiger partial charge in [-0.25, -0.2) is 0 Å². The summed E-state index contributed by atoms with van der Waals surface area (Å²) < 4.78 is 2.23. The van der Waals surface area contributed by atoms with Crippen molar-refractivity contribution in [3.05, 3.63) is 34.0 Å². The summed E-state index contributed by atoms with van der Waals surface area (Å²) >= 11 is 1.43. The first-order valence-corrected chi connectivity index (χ1v) is 10.1. The van der Waals surface area contributed by atoms with E-state index in [-0.39, 0.29) is 24.1 Å². The van der Waals surface area contributed by atoms with Crippen molar-refractivity contribution in [3.63, 3.8) is 0 Å². The lowest BCUT2D eigenvalue weighted by Crippen LogP contribution is -2.39. The van der Waals surface area contributed by atoms with Crippen molar-refractivity contribution < 1.29 is 9.59 Å². The molecule has 0 unspecified atom stereocenters. The topological polar surface area (TPSA) is 80.1 Å². The van der Waals surface area contributed by atoms with Crippen LogP contribution in [-0.4, -0.2) is 51.0 Å². The zero-order valence-electron chi connectivity index (χ0n) is 15.1. The van der Waals surface area contributed by atoms with Crippen molar-refractivity contribution in [2.24, 2.45) is 0 Å². The summed E-state index contributed by atoms with van der Waals surface area (Å²) in [4.78, 5) is 27.1. The van der Waals surface area contributed by atoms with Crippen molar-refractivity contribution in [2.75, 3.05) is 19.6 Å². The van der Waals surface area contributed by atoms with Crippen LogP contribution >= 0.6 is 23.7 Å². The maximum atomic E-state index is 12.4. The smallest absolute Gasteiger partial charge is 0.223 e. The number of nitrogens with zero attached hydrogens (tertiary/aromatic N) is 4. The third-order valence-corrected chi connectivity index (χ3v) is 6.14. The Kier molecular flexibility index (Phi) is 6.62. The number of hydrogen-bond acceptors (Lipinski definition) is 6. The van der Waals surface area contributed by atoms with E-state index in [1.807, 2.05) is 22.4 Å². The summed E-state index contributed by atoms with van der Waals surface area (Å²) in [5, 5.41) is 13.9. The highest BCUT2D eigenvalue weighted by Crippen LogP contribution is 2.28. The largest absolute Gasteiger partial charge is 0.343 e. The summed E-state index contributed by atoms with van der Waals surface area (Å²) in [5.41, 5.74) is 0. The first kappa shape index (κ1) is 20.0. The molecular weight excluding hydrogens is 386 g/mol. The standard InChI is InChI=1S/C18H23N5O2S.ClH/c24-14(15-2-1-11-26-15)3-4-17(25)22-8-5-13(6-9-22)18-21-20-16-12-19-7-10-23(16)18;/h1-2,11,13,19H,3-10,12H2;1H. The number of amides is 1. The maximum Gasteiger partial charge on any atom is 0.223 e.